The van der Waals surface area contributed by atoms with Crippen molar-refractivity contribution < 1.29 is 19.5 Å². The number of thioether (sulfide) groups is 1. The molecule has 5 N–H and O–H groups in total. The lowest BCUT2D eigenvalue weighted by Gasteiger charge is -2.22. The van der Waals surface area contributed by atoms with Crippen molar-refractivity contribution >= 4 is 40.4 Å². The van der Waals surface area contributed by atoms with Crippen LogP contribution in [0.1, 0.15) is 18.9 Å². The molecule has 2 aromatic rings. The van der Waals surface area contributed by atoms with Gasteiger partial charge in [0.2, 0.25) is 17.7 Å². The number of aliphatic hydroxyl groups excluding tert-OH is 1. The number of fused-ring (bicyclic) bond motifs is 1. The third-order valence-corrected chi connectivity index (χ3v) is 5.68. The highest BCUT2D eigenvalue weighted by Crippen LogP contribution is 2.19. The van der Waals surface area contributed by atoms with Gasteiger partial charge in [0.25, 0.3) is 0 Å². The van der Waals surface area contributed by atoms with Crippen molar-refractivity contribution in [2.45, 2.75) is 44.0 Å². The highest BCUT2D eigenvalue weighted by Gasteiger charge is 2.35. The van der Waals surface area contributed by atoms with Crippen LogP contribution in [0.5, 0.6) is 0 Å². The fourth-order valence-corrected chi connectivity index (χ4v) is 3.90. The number of nitrogens with one attached hydrogen (secondary N) is 4. The Kier molecular flexibility index (Phi) is 6.81. The van der Waals surface area contributed by atoms with E-state index in [1.54, 1.807) is 11.8 Å². The molecule has 0 unspecified atom stereocenters. The molecule has 156 valence electrons. The van der Waals surface area contributed by atoms with Gasteiger partial charge in [0.05, 0.1) is 6.10 Å². The van der Waals surface area contributed by atoms with Gasteiger partial charge in [0.1, 0.15) is 18.1 Å². The summed E-state index contributed by atoms with van der Waals surface area (Å²) in [5, 5.41) is 19.0. The highest BCUT2D eigenvalue weighted by molar-refractivity contribution is 7.98. The summed E-state index contributed by atoms with van der Waals surface area (Å²) in [5.74, 6) is -0.803. The number of para-hydroxylation sites is 1. The molecule has 9 heteroatoms. The summed E-state index contributed by atoms with van der Waals surface area (Å²) < 4.78 is 0. The predicted molar refractivity (Wildman–Crippen MR) is 112 cm³/mol. The first-order valence-corrected chi connectivity index (χ1v) is 10.9. The van der Waals surface area contributed by atoms with Crippen molar-refractivity contribution in [1.82, 2.24) is 20.9 Å². The number of aromatic amines is 1. The van der Waals surface area contributed by atoms with E-state index < -0.39 is 42.0 Å². The van der Waals surface area contributed by atoms with E-state index in [2.05, 4.69) is 20.9 Å². The van der Waals surface area contributed by atoms with Crippen LogP contribution in [0.3, 0.4) is 0 Å². The summed E-state index contributed by atoms with van der Waals surface area (Å²) in [6.45, 7) is 1.43. The van der Waals surface area contributed by atoms with E-state index in [9.17, 15) is 19.5 Å². The van der Waals surface area contributed by atoms with Crippen LogP contribution in [0.4, 0.5) is 0 Å². The van der Waals surface area contributed by atoms with Gasteiger partial charge in [-0.05, 0) is 37.0 Å². The SMILES string of the molecule is CSCC[C@@H]1NC(=O)[C@H]([C@@H](C)O)NC(=O)[C@H](Cc2c[nH]c3ccccc23)NC1=O. The second-order valence-corrected chi connectivity index (χ2v) is 8.18. The summed E-state index contributed by atoms with van der Waals surface area (Å²) in [4.78, 5) is 41.4. The average Bonchev–Trinajstić information content (AvgIpc) is 3.11. The van der Waals surface area contributed by atoms with Crippen molar-refractivity contribution in [3.05, 3.63) is 36.0 Å². The number of carbonyl (C=O) groups excluding carboxylic acids is 3. The standard InChI is InChI=1S/C20H26N4O4S/c1-11(25)17-20(28)22-15(7-8-29-2)18(26)23-16(19(27)24-17)9-12-10-21-14-6-4-3-5-13(12)14/h3-6,10-11,15-17,21,25H,7-9H2,1-2H3,(H,22,28)(H,23,26)(H,24,27)/t11-,15+,16+,17+/m1/s1. The van der Waals surface area contributed by atoms with Crippen LogP contribution in [-0.4, -0.2) is 64.1 Å². The fourth-order valence-electron chi connectivity index (χ4n) is 3.43. The van der Waals surface area contributed by atoms with E-state index in [1.165, 1.54) is 6.92 Å². The first-order valence-electron chi connectivity index (χ1n) is 9.53. The molecule has 8 nitrogen and oxygen atoms in total. The average molecular weight is 419 g/mol. The van der Waals surface area contributed by atoms with E-state index in [4.69, 9.17) is 0 Å². The molecule has 3 rings (SSSR count). The topological polar surface area (TPSA) is 123 Å². The maximum absolute atomic E-state index is 12.9. The second-order valence-electron chi connectivity index (χ2n) is 7.19. The molecule has 3 amide bonds. The van der Waals surface area contributed by atoms with Crippen LogP contribution < -0.4 is 16.0 Å². The quantitative estimate of drug-likeness (QED) is 0.462. The molecule has 0 spiro atoms. The molecular formula is C20H26N4O4S. The molecule has 0 saturated carbocycles. The number of amides is 3. The van der Waals surface area contributed by atoms with Crippen LogP contribution in [0.25, 0.3) is 10.9 Å². The number of aliphatic hydroxyl groups is 1. The third-order valence-electron chi connectivity index (χ3n) is 5.04. The summed E-state index contributed by atoms with van der Waals surface area (Å²) in [5.41, 5.74) is 1.82. The van der Waals surface area contributed by atoms with E-state index in [0.717, 1.165) is 16.5 Å². The summed E-state index contributed by atoms with van der Waals surface area (Å²) in [6, 6.07) is 4.94. The lowest BCUT2D eigenvalue weighted by Crippen LogP contribution is -2.55. The molecule has 0 aliphatic carbocycles. The lowest BCUT2D eigenvalue weighted by atomic mass is 10.0. The molecule has 0 bridgehead atoms. The second kappa shape index (κ2) is 9.32. The largest absolute Gasteiger partial charge is 0.391 e. The predicted octanol–water partition coefficient (Wildman–Crippen LogP) is 0.312. The van der Waals surface area contributed by atoms with Crippen LogP contribution in [-0.2, 0) is 20.8 Å². The van der Waals surface area contributed by atoms with Crippen LogP contribution in [0, 0.1) is 0 Å². The van der Waals surface area contributed by atoms with Gasteiger partial charge in [0.15, 0.2) is 0 Å². The molecule has 1 aliphatic rings. The van der Waals surface area contributed by atoms with Gasteiger partial charge in [-0.15, -0.1) is 0 Å². The first kappa shape index (κ1) is 21.2. The summed E-state index contributed by atoms with van der Waals surface area (Å²) in [7, 11) is 0. The number of hydrogen-bond acceptors (Lipinski definition) is 5. The zero-order valence-corrected chi connectivity index (χ0v) is 17.2. The number of carbonyl (C=O) groups is 3. The molecule has 1 aromatic heterocycles. The Morgan fingerprint density at radius 1 is 1.03 bits per heavy atom. The minimum Gasteiger partial charge on any atom is -0.391 e. The van der Waals surface area contributed by atoms with Gasteiger partial charge in [-0.25, -0.2) is 0 Å². The Hall–Kier alpha value is -2.52. The van der Waals surface area contributed by atoms with E-state index in [0.29, 0.717) is 12.2 Å². The van der Waals surface area contributed by atoms with Gasteiger partial charge in [-0.2, -0.15) is 11.8 Å². The van der Waals surface area contributed by atoms with Crippen molar-refractivity contribution in [3.8, 4) is 0 Å². The minimum absolute atomic E-state index is 0.261. The summed E-state index contributed by atoms with van der Waals surface area (Å²) in [6.07, 6.45) is 3.33. The lowest BCUT2D eigenvalue weighted by molar-refractivity contribution is -0.132. The smallest absolute Gasteiger partial charge is 0.245 e. The van der Waals surface area contributed by atoms with Gasteiger partial charge < -0.3 is 26.0 Å². The maximum atomic E-state index is 12.9. The fraction of sp³-hybridized carbons (Fsp3) is 0.450. The first-order chi connectivity index (χ1) is 13.9. The Morgan fingerprint density at radius 2 is 1.72 bits per heavy atom. The van der Waals surface area contributed by atoms with Gasteiger partial charge >= 0.3 is 0 Å². The Labute approximate surface area is 173 Å². The molecule has 1 fully saturated rings. The van der Waals surface area contributed by atoms with Gasteiger partial charge in [0, 0.05) is 23.5 Å². The van der Waals surface area contributed by atoms with Crippen molar-refractivity contribution in [3.63, 3.8) is 0 Å². The Morgan fingerprint density at radius 3 is 2.45 bits per heavy atom. The van der Waals surface area contributed by atoms with E-state index in [-0.39, 0.29) is 6.42 Å². The molecular weight excluding hydrogens is 392 g/mol. The number of hydrogen-bond donors (Lipinski definition) is 5. The maximum Gasteiger partial charge on any atom is 0.245 e. The van der Waals surface area contributed by atoms with Crippen molar-refractivity contribution in [2.75, 3.05) is 12.0 Å². The third kappa shape index (κ3) is 4.91. The van der Waals surface area contributed by atoms with Crippen molar-refractivity contribution in [1.29, 1.82) is 0 Å². The van der Waals surface area contributed by atoms with Crippen LogP contribution in [0.2, 0.25) is 0 Å². The normalized spacial score (nSPS) is 24.1. The number of benzene rings is 1. The molecule has 29 heavy (non-hydrogen) atoms. The zero-order valence-electron chi connectivity index (χ0n) is 16.4. The monoisotopic (exact) mass is 418 g/mol. The zero-order chi connectivity index (χ0) is 21.0. The molecule has 1 aliphatic heterocycles. The van der Waals surface area contributed by atoms with Crippen molar-refractivity contribution in [2.24, 2.45) is 0 Å². The van der Waals surface area contributed by atoms with Gasteiger partial charge in [-0.1, -0.05) is 18.2 Å². The summed E-state index contributed by atoms with van der Waals surface area (Å²) >= 11 is 1.56. The number of H-pyrrole nitrogens is 1. The van der Waals surface area contributed by atoms with Gasteiger partial charge in [-0.3, -0.25) is 14.4 Å². The van der Waals surface area contributed by atoms with Crippen LogP contribution >= 0.6 is 11.8 Å². The number of aromatic nitrogens is 1. The molecule has 0 radical (unpaired) electrons. The van der Waals surface area contributed by atoms with E-state index in [1.807, 2.05) is 36.7 Å². The van der Waals surface area contributed by atoms with Crippen LogP contribution in [0.15, 0.2) is 30.5 Å². The molecule has 1 saturated heterocycles. The highest BCUT2D eigenvalue weighted by atomic mass is 32.2. The Bertz CT molecular complexity index is 897. The number of rotatable bonds is 6. The Balaban J connectivity index is 1.89. The molecule has 4 atom stereocenters. The van der Waals surface area contributed by atoms with E-state index >= 15 is 0 Å². The minimum atomic E-state index is -1.13. The molecule has 2 heterocycles. The molecule has 1 aromatic carbocycles.